The number of nitrogens with one attached hydrogen (secondary N) is 1. The predicted molar refractivity (Wildman–Crippen MR) is 114 cm³/mol. The number of nitrogens with zero attached hydrogens (tertiary/aromatic N) is 4. The van der Waals surface area contributed by atoms with Crippen LogP contribution in [0.15, 0.2) is 30.6 Å². The van der Waals surface area contributed by atoms with Gasteiger partial charge >= 0.3 is 0 Å². The van der Waals surface area contributed by atoms with Crippen molar-refractivity contribution >= 4 is 39.4 Å². The molecule has 8 heteroatoms. The maximum absolute atomic E-state index is 13.7. The SMILES string of the molecule is Cc1nn(C)c2ncc(C(=O)N3CCC(c4c[nH]c5ccc(F)cc45)CC3)c(Cl)c12. The first-order chi connectivity index (χ1) is 14.4. The lowest BCUT2D eigenvalue weighted by molar-refractivity contribution is 0.0713. The van der Waals surface area contributed by atoms with Gasteiger partial charge in [0.2, 0.25) is 0 Å². The average molecular weight is 426 g/mol. The molecule has 1 N–H and O–H groups in total. The molecule has 0 radical (unpaired) electrons. The maximum Gasteiger partial charge on any atom is 0.256 e. The molecule has 1 fully saturated rings. The van der Waals surface area contributed by atoms with Gasteiger partial charge in [-0.05, 0) is 49.4 Å². The molecule has 1 aliphatic rings. The van der Waals surface area contributed by atoms with Crippen molar-refractivity contribution < 1.29 is 9.18 Å². The molecule has 0 atom stereocenters. The topological polar surface area (TPSA) is 66.8 Å². The molecule has 3 aromatic heterocycles. The van der Waals surface area contributed by atoms with Gasteiger partial charge in [-0.1, -0.05) is 11.6 Å². The van der Waals surface area contributed by atoms with Crippen molar-refractivity contribution in [3.05, 3.63) is 58.3 Å². The summed E-state index contributed by atoms with van der Waals surface area (Å²) in [4.78, 5) is 22.6. The number of carbonyl (C=O) groups is 1. The number of hydrogen-bond acceptors (Lipinski definition) is 3. The van der Waals surface area contributed by atoms with Gasteiger partial charge < -0.3 is 9.88 Å². The Morgan fingerprint density at radius 2 is 2.07 bits per heavy atom. The first kappa shape index (κ1) is 19.1. The molecule has 30 heavy (non-hydrogen) atoms. The molecule has 0 aliphatic carbocycles. The largest absolute Gasteiger partial charge is 0.361 e. The minimum Gasteiger partial charge on any atom is -0.361 e. The fourth-order valence-electron chi connectivity index (χ4n) is 4.53. The summed E-state index contributed by atoms with van der Waals surface area (Å²) in [6.45, 7) is 3.09. The molecule has 154 valence electrons. The number of aromatic amines is 1. The normalized spacial score (nSPS) is 15.4. The number of aromatic nitrogens is 4. The van der Waals surface area contributed by atoms with Crippen LogP contribution in [0.1, 0.15) is 40.4 Å². The number of hydrogen-bond donors (Lipinski definition) is 1. The van der Waals surface area contributed by atoms with E-state index in [1.165, 1.54) is 6.07 Å². The highest BCUT2D eigenvalue weighted by Gasteiger charge is 2.28. The molecule has 1 aliphatic heterocycles. The fourth-order valence-corrected chi connectivity index (χ4v) is 4.88. The predicted octanol–water partition coefficient (Wildman–Crippen LogP) is 4.57. The van der Waals surface area contributed by atoms with Crippen LogP contribution in [-0.2, 0) is 7.05 Å². The minimum absolute atomic E-state index is 0.110. The second kappa shape index (κ2) is 7.09. The highest BCUT2D eigenvalue weighted by Crippen LogP contribution is 2.35. The third-order valence-electron chi connectivity index (χ3n) is 6.09. The van der Waals surface area contributed by atoms with Gasteiger partial charge in [-0.3, -0.25) is 9.48 Å². The maximum atomic E-state index is 13.7. The molecule has 0 unspecified atom stereocenters. The lowest BCUT2D eigenvalue weighted by atomic mass is 9.89. The number of carbonyl (C=O) groups excluding carboxylic acids is 1. The molecule has 5 rings (SSSR count). The van der Waals surface area contributed by atoms with Crippen molar-refractivity contribution in [3.63, 3.8) is 0 Å². The van der Waals surface area contributed by atoms with Crippen LogP contribution in [0.4, 0.5) is 4.39 Å². The number of benzene rings is 1. The van der Waals surface area contributed by atoms with Gasteiger partial charge in [-0.2, -0.15) is 5.10 Å². The fraction of sp³-hybridized carbons (Fsp3) is 0.318. The summed E-state index contributed by atoms with van der Waals surface area (Å²) >= 11 is 6.58. The molecule has 1 aromatic carbocycles. The van der Waals surface area contributed by atoms with Crippen molar-refractivity contribution in [3.8, 4) is 0 Å². The number of piperidine rings is 1. The summed E-state index contributed by atoms with van der Waals surface area (Å²) in [6, 6.07) is 4.80. The third kappa shape index (κ3) is 2.96. The van der Waals surface area contributed by atoms with Crippen LogP contribution in [0, 0.1) is 12.7 Å². The Labute approximate surface area is 177 Å². The van der Waals surface area contributed by atoms with E-state index in [-0.39, 0.29) is 17.6 Å². The van der Waals surface area contributed by atoms with Crippen molar-refractivity contribution in [2.75, 3.05) is 13.1 Å². The Balaban J connectivity index is 1.37. The monoisotopic (exact) mass is 425 g/mol. The zero-order chi connectivity index (χ0) is 21.0. The zero-order valence-electron chi connectivity index (χ0n) is 16.7. The second-order valence-electron chi connectivity index (χ2n) is 7.89. The van der Waals surface area contributed by atoms with Crippen LogP contribution in [0.3, 0.4) is 0 Å². The number of fused-ring (bicyclic) bond motifs is 2. The Bertz CT molecular complexity index is 1290. The third-order valence-corrected chi connectivity index (χ3v) is 6.48. The first-order valence-electron chi connectivity index (χ1n) is 9.97. The van der Waals surface area contributed by atoms with E-state index in [0.717, 1.165) is 40.4 Å². The number of pyridine rings is 1. The summed E-state index contributed by atoms with van der Waals surface area (Å²) in [5, 5.41) is 6.40. The van der Waals surface area contributed by atoms with Crippen molar-refractivity contribution in [1.29, 1.82) is 0 Å². The first-order valence-corrected chi connectivity index (χ1v) is 10.4. The number of halogens is 2. The van der Waals surface area contributed by atoms with Crippen molar-refractivity contribution in [2.45, 2.75) is 25.7 Å². The van der Waals surface area contributed by atoms with E-state index in [1.807, 2.05) is 25.1 Å². The quantitative estimate of drug-likeness (QED) is 0.511. The van der Waals surface area contributed by atoms with Crippen LogP contribution in [0.2, 0.25) is 5.02 Å². The standard InChI is InChI=1S/C22H21ClFN5O/c1-12-19-20(23)17(11-26-21(19)28(2)27-12)22(30)29-7-5-13(6-8-29)16-10-25-18-4-3-14(24)9-15(16)18/h3-4,9-11,13,25H,5-8H2,1-2H3. The lowest BCUT2D eigenvalue weighted by Gasteiger charge is -2.32. The molecule has 0 spiro atoms. The Morgan fingerprint density at radius 3 is 2.83 bits per heavy atom. The van der Waals surface area contributed by atoms with Crippen molar-refractivity contribution in [2.24, 2.45) is 7.05 Å². The summed E-state index contributed by atoms with van der Waals surface area (Å²) in [7, 11) is 1.81. The van der Waals surface area contributed by atoms with E-state index in [9.17, 15) is 9.18 Å². The molecule has 6 nitrogen and oxygen atoms in total. The Kier molecular flexibility index (Phi) is 4.50. The minimum atomic E-state index is -0.237. The summed E-state index contributed by atoms with van der Waals surface area (Å²) in [5.41, 5.74) is 3.88. The number of rotatable bonds is 2. The van der Waals surface area contributed by atoms with Gasteiger partial charge in [-0.25, -0.2) is 9.37 Å². The smallest absolute Gasteiger partial charge is 0.256 e. The second-order valence-corrected chi connectivity index (χ2v) is 8.27. The molecule has 1 saturated heterocycles. The van der Waals surface area contributed by atoms with Crippen molar-refractivity contribution in [1.82, 2.24) is 24.6 Å². The van der Waals surface area contributed by atoms with E-state index in [4.69, 9.17) is 11.6 Å². The molecule has 1 amide bonds. The Hall–Kier alpha value is -2.93. The number of H-pyrrole nitrogens is 1. The Morgan fingerprint density at radius 1 is 1.30 bits per heavy atom. The van der Waals surface area contributed by atoms with Gasteiger partial charge in [0, 0.05) is 43.4 Å². The van der Waals surface area contributed by atoms with Gasteiger partial charge in [0.05, 0.1) is 21.7 Å². The van der Waals surface area contributed by atoms with E-state index in [1.54, 1.807) is 23.0 Å². The lowest BCUT2D eigenvalue weighted by Crippen LogP contribution is -2.38. The van der Waals surface area contributed by atoms with E-state index >= 15 is 0 Å². The zero-order valence-corrected chi connectivity index (χ0v) is 17.5. The number of amides is 1. The molecular weight excluding hydrogens is 405 g/mol. The van der Waals surface area contributed by atoms with Crippen LogP contribution in [-0.4, -0.2) is 43.6 Å². The summed E-state index contributed by atoms with van der Waals surface area (Å²) in [5.74, 6) is -0.0680. The molecule has 0 saturated carbocycles. The van der Waals surface area contributed by atoms with Gasteiger partial charge in [0.25, 0.3) is 5.91 Å². The number of aryl methyl sites for hydroxylation is 2. The van der Waals surface area contributed by atoms with Crippen LogP contribution < -0.4 is 0 Å². The molecule has 4 aromatic rings. The van der Waals surface area contributed by atoms with E-state index < -0.39 is 0 Å². The van der Waals surface area contributed by atoms with Crippen LogP contribution >= 0.6 is 11.6 Å². The van der Waals surface area contributed by atoms with Gasteiger partial charge in [0.15, 0.2) is 5.65 Å². The van der Waals surface area contributed by atoms with E-state index in [2.05, 4.69) is 15.1 Å². The highest BCUT2D eigenvalue weighted by molar-refractivity contribution is 6.38. The van der Waals surface area contributed by atoms with Gasteiger partial charge in [-0.15, -0.1) is 0 Å². The molecule has 0 bridgehead atoms. The van der Waals surface area contributed by atoms with Gasteiger partial charge in [0.1, 0.15) is 5.82 Å². The highest BCUT2D eigenvalue weighted by atomic mass is 35.5. The summed E-state index contributed by atoms with van der Waals surface area (Å²) < 4.78 is 15.4. The molecule has 4 heterocycles. The van der Waals surface area contributed by atoms with Crippen LogP contribution in [0.25, 0.3) is 21.9 Å². The van der Waals surface area contributed by atoms with E-state index in [0.29, 0.717) is 29.3 Å². The summed E-state index contributed by atoms with van der Waals surface area (Å²) in [6.07, 6.45) is 5.14. The molecular formula is C22H21ClFN5O. The van der Waals surface area contributed by atoms with Crippen LogP contribution in [0.5, 0.6) is 0 Å². The number of likely N-dealkylation sites (tertiary alicyclic amines) is 1. The average Bonchev–Trinajstić information content (AvgIpc) is 3.28.